The van der Waals surface area contributed by atoms with Crippen LogP contribution in [-0.2, 0) is 11.4 Å². The van der Waals surface area contributed by atoms with Crippen LogP contribution in [0.25, 0.3) is 0 Å². The second-order valence-corrected chi connectivity index (χ2v) is 8.37. The average Bonchev–Trinajstić information content (AvgIpc) is 3.30. The van der Waals surface area contributed by atoms with Gasteiger partial charge in [-0.1, -0.05) is 23.2 Å². The molecule has 0 radical (unpaired) electrons. The molecule has 1 fully saturated rings. The van der Waals surface area contributed by atoms with Crippen LogP contribution in [-0.4, -0.2) is 40.8 Å². The number of halogens is 4. The highest BCUT2D eigenvalue weighted by Gasteiger charge is 2.26. The summed E-state index contributed by atoms with van der Waals surface area (Å²) < 4.78 is 43.4. The van der Waals surface area contributed by atoms with E-state index in [9.17, 15) is 13.6 Å². The van der Waals surface area contributed by atoms with Gasteiger partial charge in [0, 0.05) is 31.1 Å². The number of aromatic nitrogens is 2. The highest BCUT2D eigenvalue weighted by molar-refractivity contribution is 6.31. The van der Waals surface area contributed by atoms with Gasteiger partial charge < -0.3 is 13.9 Å². The SMILES string of the molecule is O=C(COc1ccc(Cl)c(F)c1)NN1CCC(c2nnc(COc3ccc(Cl)c(F)c3)o2)CC1. The Morgan fingerprint density at radius 2 is 1.65 bits per heavy atom. The Bertz CT molecular complexity index is 1160. The second-order valence-electron chi connectivity index (χ2n) is 7.56. The van der Waals surface area contributed by atoms with E-state index in [0.29, 0.717) is 37.6 Å². The molecule has 1 N–H and O–H groups in total. The number of rotatable bonds is 8. The molecular weight excluding hydrogens is 493 g/mol. The third-order valence-electron chi connectivity index (χ3n) is 5.12. The summed E-state index contributed by atoms with van der Waals surface area (Å²) in [6, 6.07) is 8.11. The first-order valence-corrected chi connectivity index (χ1v) is 11.2. The third kappa shape index (κ3) is 6.34. The fraction of sp³-hybridized carbons (Fsp3) is 0.318. The van der Waals surface area contributed by atoms with E-state index in [-0.39, 0.29) is 46.7 Å². The molecule has 3 aromatic rings. The lowest BCUT2D eigenvalue weighted by Gasteiger charge is -2.30. The molecule has 1 aliphatic heterocycles. The fourth-order valence-corrected chi connectivity index (χ4v) is 3.60. The Hall–Kier alpha value is -2.95. The Balaban J connectivity index is 1.20. The summed E-state index contributed by atoms with van der Waals surface area (Å²) in [5.41, 5.74) is 2.76. The molecule has 1 saturated heterocycles. The number of benzene rings is 2. The third-order valence-corrected chi connectivity index (χ3v) is 5.74. The van der Waals surface area contributed by atoms with Crippen LogP contribution in [0.4, 0.5) is 8.78 Å². The van der Waals surface area contributed by atoms with Gasteiger partial charge >= 0.3 is 0 Å². The number of piperidine rings is 1. The number of hydrogen-bond donors (Lipinski definition) is 1. The molecule has 180 valence electrons. The van der Waals surface area contributed by atoms with Crippen LogP contribution in [0.3, 0.4) is 0 Å². The molecule has 0 aliphatic carbocycles. The van der Waals surface area contributed by atoms with Gasteiger partial charge in [-0.3, -0.25) is 10.2 Å². The van der Waals surface area contributed by atoms with Crippen molar-refractivity contribution in [2.24, 2.45) is 0 Å². The van der Waals surface area contributed by atoms with E-state index >= 15 is 0 Å². The molecule has 0 unspecified atom stereocenters. The first kappa shape index (κ1) is 24.2. The first-order chi connectivity index (χ1) is 16.4. The Morgan fingerprint density at radius 3 is 2.26 bits per heavy atom. The van der Waals surface area contributed by atoms with Crippen LogP contribution in [0.15, 0.2) is 40.8 Å². The van der Waals surface area contributed by atoms with Crippen molar-refractivity contribution in [2.45, 2.75) is 25.4 Å². The van der Waals surface area contributed by atoms with Crippen molar-refractivity contribution in [3.05, 3.63) is 69.9 Å². The predicted octanol–water partition coefficient (Wildman–Crippen LogP) is 4.52. The number of carbonyl (C=O) groups excluding carboxylic acids is 1. The number of hydrazine groups is 1. The molecule has 12 heteroatoms. The summed E-state index contributed by atoms with van der Waals surface area (Å²) in [7, 11) is 0. The standard InChI is InChI=1S/C22H20Cl2F2N4O4/c23-16-3-1-14(9-18(16)25)32-11-20(31)29-30-7-5-13(6-8-30)22-28-27-21(34-22)12-33-15-2-4-17(24)19(26)10-15/h1-4,9-10,13H,5-8,11-12H2,(H,29,31). The lowest BCUT2D eigenvalue weighted by atomic mass is 9.98. The van der Waals surface area contributed by atoms with Gasteiger partial charge in [0.2, 0.25) is 5.89 Å². The minimum absolute atomic E-state index is 0.000490. The van der Waals surface area contributed by atoms with Gasteiger partial charge in [-0.15, -0.1) is 10.2 Å². The fourth-order valence-electron chi connectivity index (χ4n) is 3.36. The molecule has 0 atom stereocenters. The largest absolute Gasteiger partial charge is 0.484 e. The number of amides is 1. The lowest BCUT2D eigenvalue weighted by molar-refractivity contribution is -0.128. The van der Waals surface area contributed by atoms with Crippen molar-refractivity contribution in [3.63, 3.8) is 0 Å². The minimum atomic E-state index is -0.615. The molecule has 4 rings (SSSR count). The van der Waals surface area contributed by atoms with Crippen LogP contribution in [0, 0.1) is 11.6 Å². The van der Waals surface area contributed by atoms with Crippen molar-refractivity contribution >= 4 is 29.1 Å². The number of nitrogens with zero attached hydrogens (tertiary/aromatic N) is 3. The van der Waals surface area contributed by atoms with E-state index in [1.807, 2.05) is 0 Å². The molecule has 8 nitrogen and oxygen atoms in total. The minimum Gasteiger partial charge on any atom is -0.484 e. The van der Waals surface area contributed by atoms with Gasteiger partial charge in [-0.2, -0.15) is 0 Å². The van der Waals surface area contributed by atoms with Gasteiger partial charge in [0.25, 0.3) is 11.8 Å². The van der Waals surface area contributed by atoms with Gasteiger partial charge in [0.1, 0.15) is 23.1 Å². The van der Waals surface area contributed by atoms with Crippen molar-refractivity contribution in [1.29, 1.82) is 0 Å². The first-order valence-electron chi connectivity index (χ1n) is 10.4. The zero-order valence-electron chi connectivity index (χ0n) is 17.8. The maximum atomic E-state index is 13.5. The summed E-state index contributed by atoms with van der Waals surface area (Å²) >= 11 is 11.3. The zero-order valence-corrected chi connectivity index (χ0v) is 19.3. The molecule has 34 heavy (non-hydrogen) atoms. The van der Waals surface area contributed by atoms with E-state index < -0.39 is 11.6 Å². The van der Waals surface area contributed by atoms with Gasteiger partial charge in [-0.25, -0.2) is 13.8 Å². The van der Waals surface area contributed by atoms with Crippen LogP contribution < -0.4 is 14.9 Å². The Labute approximate surface area is 203 Å². The summed E-state index contributed by atoms with van der Waals surface area (Å²) in [6.07, 6.45) is 1.38. The van der Waals surface area contributed by atoms with Crippen LogP contribution >= 0.6 is 23.2 Å². The highest BCUT2D eigenvalue weighted by atomic mass is 35.5. The predicted molar refractivity (Wildman–Crippen MR) is 119 cm³/mol. The zero-order chi connectivity index (χ0) is 24.1. The number of nitrogens with one attached hydrogen (secondary N) is 1. The van der Waals surface area contributed by atoms with Gasteiger partial charge in [-0.05, 0) is 37.1 Å². The van der Waals surface area contributed by atoms with Crippen molar-refractivity contribution in [3.8, 4) is 11.5 Å². The second kappa shape index (κ2) is 11.0. The molecule has 0 bridgehead atoms. The average molecular weight is 513 g/mol. The summed E-state index contributed by atoms with van der Waals surface area (Å²) in [4.78, 5) is 12.1. The van der Waals surface area contributed by atoms with Gasteiger partial charge in [0.15, 0.2) is 13.2 Å². The molecule has 1 aromatic heterocycles. The molecule has 1 aliphatic rings. The normalized spacial score (nSPS) is 14.7. The van der Waals surface area contributed by atoms with Crippen molar-refractivity contribution in [2.75, 3.05) is 19.7 Å². The molecule has 2 heterocycles. The number of hydrogen-bond acceptors (Lipinski definition) is 7. The Morgan fingerprint density at radius 1 is 1.03 bits per heavy atom. The molecular formula is C22H20Cl2F2N4O4. The van der Waals surface area contributed by atoms with E-state index in [2.05, 4.69) is 15.6 Å². The highest BCUT2D eigenvalue weighted by Crippen LogP contribution is 2.27. The van der Waals surface area contributed by atoms with E-state index in [1.54, 1.807) is 11.1 Å². The molecule has 0 saturated carbocycles. The van der Waals surface area contributed by atoms with Crippen molar-refractivity contribution < 1.29 is 27.5 Å². The summed E-state index contributed by atoms with van der Waals surface area (Å²) in [5.74, 6) is -0.230. The quantitative estimate of drug-likeness (QED) is 0.474. The monoisotopic (exact) mass is 512 g/mol. The summed E-state index contributed by atoms with van der Waals surface area (Å²) in [6.45, 7) is 0.889. The van der Waals surface area contributed by atoms with E-state index in [0.717, 1.165) is 6.07 Å². The topological polar surface area (TPSA) is 89.7 Å². The summed E-state index contributed by atoms with van der Waals surface area (Å²) in [5, 5.41) is 9.85. The van der Waals surface area contributed by atoms with Gasteiger partial charge in [0.05, 0.1) is 10.0 Å². The molecule has 2 aromatic carbocycles. The van der Waals surface area contributed by atoms with E-state index in [1.165, 1.54) is 24.3 Å². The van der Waals surface area contributed by atoms with Crippen LogP contribution in [0.1, 0.15) is 30.5 Å². The van der Waals surface area contributed by atoms with Crippen molar-refractivity contribution in [1.82, 2.24) is 20.6 Å². The lowest BCUT2D eigenvalue weighted by Crippen LogP contribution is -2.47. The Kier molecular flexibility index (Phi) is 7.81. The molecule has 0 spiro atoms. The smallest absolute Gasteiger partial charge is 0.272 e. The van der Waals surface area contributed by atoms with Crippen LogP contribution in [0.2, 0.25) is 10.0 Å². The number of ether oxygens (including phenoxy) is 2. The maximum absolute atomic E-state index is 13.5. The molecule has 1 amide bonds. The maximum Gasteiger partial charge on any atom is 0.272 e. The van der Waals surface area contributed by atoms with Crippen LogP contribution in [0.5, 0.6) is 11.5 Å². The van der Waals surface area contributed by atoms with E-state index in [4.69, 9.17) is 37.1 Å². The number of carbonyl (C=O) groups is 1.